The smallest absolute Gasteiger partial charge is 0.158 e. The zero-order chi connectivity index (χ0) is 7.56. The van der Waals surface area contributed by atoms with Crippen LogP contribution in [0.25, 0.3) is 0 Å². The predicted molar refractivity (Wildman–Crippen MR) is 40.8 cm³/mol. The van der Waals surface area contributed by atoms with Crippen LogP contribution in [0.5, 0.6) is 0 Å². The van der Waals surface area contributed by atoms with E-state index in [4.69, 9.17) is 0 Å². The Bertz CT molecular complexity index is 147. The van der Waals surface area contributed by atoms with Crippen LogP contribution in [0.1, 0.15) is 12.8 Å². The van der Waals surface area contributed by atoms with Gasteiger partial charge in [-0.05, 0) is 26.0 Å². The van der Waals surface area contributed by atoms with Gasteiger partial charge in [0.15, 0.2) is 5.78 Å². The monoisotopic (exact) mass is 139 g/mol. The molecular formula is C8H13NO. The molecule has 56 valence electrons. The first-order valence-corrected chi connectivity index (χ1v) is 3.61. The van der Waals surface area contributed by atoms with Crippen molar-refractivity contribution in [1.29, 1.82) is 0 Å². The molecule has 0 aliphatic heterocycles. The van der Waals surface area contributed by atoms with E-state index in [1.807, 2.05) is 7.05 Å². The summed E-state index contributed by atoms with van der Waals surface area (Å²) in [6.45, 7) is 3.44. The third-order valence-electron chi connectivity index (χ3n) is 2.15. The first-order chi connectivity index (χ1) is 4.77. The Morgan fingerprint density at radius 1 is 1.70 bits per heavy atom. The zero-order valence-corrected chi connectivity index (χ0v) is 6.26. The van der Waals surface area contributed by atoms with Gasteiger partial charge in [-0.15, -0.1) is 0 Å². The van der Waals surface area contributed by atoms with Gasteiger partial charge in [-0.2, -0.15) is 0 Å². The highest BCUT2D eigenvalue weighted by Crippen LogP contribution is 2.27. The van der Waals surface area contributed by atoms with Crippen LogP contribution in [-0.4, -0.2) is 18.9 Å². The third kappa shape index (κ3) is 1.27. The van der Waals surface area contributed by atoms with Crippen molar-refractivity contribution in [3.05, 3.63) is 12.7 Å². The predicted octanol–water partition coefficient (Wildman–Crippen LogP) is 0.740. The van der Waals surface area contributed by atoms with Crippen LogP contribution in [0.15, 0.2) is 12.7 Å². The Morgan fingerprint density at radius 3 is 2.70 bits per heavy atom. The SMILES string of the molecule is C=CC(=O)C1CC(NC)C1. The molecule has 0 aromatic heterocycles. The fourth-order valence-corrected chi connectivity index (χ4v) is 1.25. The number of carbonyl (C=O) groups excluding carboxylic acids is 1. The molecule has 1 fully saturated rings. The van der Waals surface area contributed by atoms with Gasteiger partial charge in [-0.3, -0.25) is 4.79 Å². The van der Waals surface area contributed by atoms with Gasteiger partial charge in [0.05, 0.1) is 0 Å². The van der Waals surface area contributed by atoms with E-state index >= 15 is 0 Å². The third-order valence-corrected chi connectivity index (χ3v) is 2.15. The highest BCUT2D eigenvalue weighted by atomic mass is 16.1. The first-order valence-electron chi connectivity index (χ1n) is 3.61. The lowest BCUT2D eigenvalue weighted by atomic mass is 9.78. The van der Waals surface area contributed by atoms with Crippen molar-refractivity contribution in [3.8, 4) is 0 Å². The molecule has 1 rings (SSSR count). The molecule has 0 saturated heterocycles. The fraction of sp³-hybridized carbons (Fsp3) is 0.625. The Kier molecular flexibility index (Phi) is 2.22. The maximum absolute atomic E-state index is 10.9. The summed E-state index contributed by atoms with van der Waals surface area (Å²) in [5, 5.41) is 3.12. The average molecular weight is 139 g/mol. The van der Waals surface area contributed by atoms with Crippen molar-refractivity contribution in [2.45, 2.75) is 18.9 Å². The average Bonchev–Trinajstić information content (AvgIpc) is 1.85. The largest absolute Gasteiger partial charge is 0.317 e. The minimum absolute atomic E-state index is 0.200. The van der Waals surface area contributed by atoms with E-state index in [0.717, 1.165) is 12.8 Å². The molecule has 1 aliphatic rings. The van der Waals surface area contributed by atoms with Gasteiger partial charge in [-0.25, -0.2) is 0 Å². The molecule has 0 aromatic carbocycles. The van der Waals surface area contributed by atoms with Crippen molar-refractivity contribution >= 4 is 5.78 Å². The van der Waals surface area contributed by atoms with E-state index in [9.17, 15) is 4.79 Å². The van der Waals surface area contributed by atoms with E-state index in [2.05, 4.69) is 11.9 Å². The molecule has 0 spiro atoms. The molecule has 0 bridgehead atoms. The molecule has 2 heteroatoms. The van der Waals surface area contributed by atoms with Crippen molar-refractivity contribution in [2.75, 3.05) is 7.05 Å². The second-order valence-electron chi connectivity index (χ2n) is 2.76. The van der Waals surface area contributed by atoms with Crippen LogP contribution in [0, 0.1) is 5.92 Å². The maximum Gasteiger partial charge on any atom is 0.158 e. The summed E-state index contributed by atoms with van der Waals surface area (Å²) >= 11 is 0. The molecule has 0 unspecified atom stereocenters. The van der Waals surface area contributed by atoms with Crippen molar-refractivity contribution in [3.63, 3.8) is 0 Å². The van der Waals surface area contributed by atoms with Crippen LogP contribution in [0.4, 0.5) is 0 Å². The number of carbonyl (C=O) groups is 1. The summed E-state index contributed by atoms with van der Waals surface area (Å²) in [6, 6.07) is 0.564. The van der Waals surface area contributed by atoms with Gasteiger partial charge in [0, 0.05) is 12.0 Å². The second kappa shape index (κ2) is 2.97. The highest BCUT2D eigenvalue weighted by Gasteiger charge is 2.31. The number of rotatable bonds is 3. The van der Waals surface area contributed by atoms with Gasteiger partial charge in [0.25, 0.3) is 0 Å². The van der Waals surface area contributed by atoms with Crippen LogP contribution in [-0.2, 0) is 4.79 Å². The van der Waals surface area contributed by atoms with Gasteiger partial charge in [-0.1, -0.05) is 6.58 Å². The van der Waals surface area contributed by atoms with Crippen molar-refractivity contribution < 1.29 is 4.79 Å². The lowest BCUT2D eigenvalue weighted by Crippen LogP contribution is -2.41. The summed E-state index contributed by atoms with van der Waals surface area (Å²) in [4.78, 5) is 10.9. The molecular weight excluding hydrogens is 126 g/mol. The van der Waals surface area contributed by atoms with Gasteiger partial charge in [0.1, 0.15) is 0 Å². The summed E-state index contributed by atoms with van der Waals surface area (Å²) in [5.74, 6) is 0.460. The number of ketones is 1. The van der Waals surface area contributed by atoms with Crippen molar-refractivity contribution in [2.24, 2.45) is 5.92 Å². The molecule has 0 heterocycles. The molecule has 1 saturated carbocycles. The second-order valence-corrected chi connectivity index (χ2v) is 2.76. The molecule has 0 atom stereocenters. The lowest BCUT2D eigenvalue weighted by molar-refractivity contribution is -0.121. The number of nitrogens with one attached hydrogen (secondary N) is 1. The summed E-state index contributed by atoms with van der Waals surface area (Å²) < 4.78 is 0. The lowest BCUT2D eigenvalue weighted by Gasteiger charge is -2.33. The quantitative estimate of drug-likeness (QED) is 0.584. The summed E-state index contributed by atoms with van der Waals surface area (Å²) in [6.07, 6.45) is 3.40. The van der Waals surface area contributed by atoms with E-state index in [1.54, 1.807) is 0 Å². The Morgan fingerprint density at radius 2 is 2.30 bits per heavy atom. The van der Waals surface area contributed by atoms with Gasteiger partial charge in [0.2, 0.25) is 0 Å². The number of hydrogen-bond acceptors (Lipinski definition) is 2. The van der Waals surface area contributed by atoms with E-state index < -0.39 is 0 Å². The minimum Gasteiger partial charge on any atom is -0.317 e. The van der Waals surface area contributed by atoms with Crippen LogP contribution < -0.4 is 5.32 Å². The molecule has 0 radical (unpaired) electrons. The number of allylic oxidation sites excluding steroid dienone is 1. The van der Waals surface area contributed by atoms with Crippen LogP contribution >= 0.6 is 0 Å². The van der Waals surface area contributed by atoms with Crippen molar-refractivity contribution in [1.82, 2.24) is 5.32 Å². The molecule has 10 heavy (non-hydrogen) atoms. The van der Waals surface area contributed by atoms with Crippen LogP contribution in [0.3, 0.4) is 0 Å². The minimum atomic E-state index is 0.200. The fourth-order valence-electron chi connectivity index (χ4n) is 1.25. The van der Waals surface area contributed by atoms with Gasteiger partial charge >= 0.3 is 0 Å². The Balaban J connectivity index is 2.25. The number of hydrogen-bond donors (Lipinski definition) is 1. The van der Waals surface area contributed by atoms with Gasteiger partial charge < -0.3 is 5.32 Å². The summed E-state index contributed by atoms with van der Waals surface area (Å²) in [5.41, 5.74) is 0. The molecule has 1 N–H and O–H groups in total. The highest BCUT2D eigenvalue weighted by molar-refractivity contribution is 5.91. The first kappa shape index (κ1) is 7.48. The maximum atomic E-state index is 10.9. The van der Waals surface area contributed by atoms with E-state index in [1.165, 1.54) is 6.08 Å². The zero-order valence-electron chi connectivity index (χ0n) is 6.26. The topological polar surface area (TPSA) is 29.1 Å². The molecule has 2 nitrogen and oxygen atoms in total. The van der Waals surface area contributed by atoms with Crippen LogP contribution in [0.2, 0.25) is 0 Å². The molecule has 0 aromatic rings. The molecule has 0 amide bonds. The standard InChI is InChI=1S/C8H13NO/c1-3-8(10)6-4-7(5-6)9-2/h3,6-7,9H,1,4-5H2,2H3. The normalized spacial score (nSPS) is 30.9. The Labute approximate surface area is 61.3 Å². The van der Waals surface area contributed by atoms with E-state index in [-0.39, 0.29) is 11.7 Å². The van der Waals surface area contributed by atoms with E-state index in [0.29, 0.717) is 6.04 Å². The Hall–Kier alpha value is -0.630. The summed E-state index contributed by atoms with van der Waals surface area (Å²) in [7, 11) is 1.93. The molecule has 1 aliphatic carbocycles.